The van der Waals surface area contributed by atoms with Gasteiger partial charge >= 0.3 is 0 Å². The number of rotatable bonds is 6. The van der Waals surface area contributed by atoms with E-state index in [0.717, 1.165) is 31.4 Å². The quantitative estimate of drug-likeness (QED) is 0.643. The number of carbonyl (C=O) groups excluding carboxylic acids is 2. The highest BCUT2D eigenvalue weighted by molar-refractivity contribution is 5.95. The molecule has 2 fully saturated rings. The molecule has 9 nitrogen and oxygen atoms in total. The molecule has 2 amide bonds. The summed E-state index contributed by atoms with van der Waals surface area (Å²) in [5.41, 5.74) is 8.70. The zero-order valence-corrected chi connectivity index (χ0v) is 16.5. The van der Waals surface area contributed by atoms with Gasteiger partial charge in [0.15, 0.2) is 17.3 Å². The Morgan fingerprint density at radius 2 is 1.97 bits per heavy atom. The fraction of sp³-hybridized carbons (Fsp3) is 0.381. The molecule has 9 heteroatoms. The van der Waals surface area contributed by atoms with Gasteiger partial charge in [-0.15, -0.1) is 0 Å². The first kappa shape index (κ1) is 18.5. The molecule has 154 valence electrons. The first-order valence-electron chi connectivity index (χ1n) is 10.3. The molecule has 0 atom stereocenters. The number of benzene rings is 1. The second-order valence-electron chi connectivity index (χ2n) is 7.85. The van der Waals surface area contributed by atoms with Crippen LogP contribution in [0.15, 0.2) is 30.6 Å². The Kier molecular flexibility index (Phi) is 4.57. The van der Waals surface area contributed by atoms with Crippen molar-refractivity contribution in [2.24, 2.45) is 0 Å². The predicted molar refractivity (Wildman–Crippen MR) is 111 cm³/mol. The largest absolute Gasteiger partial charge is 0.382 e. The lowest BCUT2D eigenvalue weighted by Gasteiger charge is -2.15. The lowest BCUT2D eigenvalue weighted by Crippen LogP contribution is -2.28. The molecular weight excluding hydrogens is 382 g/mol. The van der Waals surface area contributed by atoms with Crippen LogP contribution in [0, 0.1) is 0 Å². The molecule has 1 saturated heterocycles. The summed E-state index contributed by atoms with van der Waals surface area (Å²) < 4.78 is 1.90. The molecule has 2 aliphatic rings. The molecule has 0 unspecified atom stereocenters. The second-order valence-corrected chi connectivity index (χ2v) is 7.85. The summed E-state index contributed by atoms with van der Waals surface area (Å²) in [7, 11) is 0. The molecule has 1 aliphatic heterocycles. The first-order valence-corrected chi connectivity index (χ1v) is 10.3. The molecule has 0 spiro atoms. The van der Waals surface area contributed by atoms with Gasteiger partial charge in [0.25, 0.3) is 5.91 Å². The van der Waals surface area contributed by atoms with E-state index in [1.54, 1.807) is 18.5 Å². The summed E-state index contributed by atoms with van der Waals surface area (Å²) in [5, 5.41) is 2.98. The van der Waals surface area contributed by atoms with Crippen LogP contribution in [0.2, 0.25) is 0 Å². The molecular formula is C21H23N7O2. The van der Waals surface area contributed by atoms with Crippen LogP contribution < -0.4 is 11.1 Å². The average molecular weight is 405 g/mol. The number of nitrogens with two attached hydrogens (primary N) is 1. The van der Waals surface area contributed by atoms with Crippen LogP contribution in [0.4, 0.5) is 5.82 Å². The highest BCUT2D eigenvalue weighted by atomic mass is 16.2. The van der Waals surface area contributed by atoms with Gasteiger partial charge in [0.1, 0.15) is 5.52 Å². The summed E-state index contributed by atoms with van der Waals surface area (Å²) in [5.74, 6) is 0.921. The number of carbonyl (C=O) groups is 2. The van der Waals surface area contributed by atoms with Crippen molar-refractivity contribution in [2.45, 2.75) is 38.3 Å². The van der Waals surface area contributed by atoms with E-state index < -0.39 is 0 Å². The van der Waals surface area contributed by atoms with Crippen LogP contribution >= 0.6 is 0 Å². The third-order valence-corrected chi connectivity index (χ3v) is 5.59. The van der Waals surface area contributed by atoms with Crippen molar-refractivity contribution in [3.05, 3.63) is 36.2 Å². The van der Waals surface area contributed by atoms with Crippen LogP contribution in [-0.2, 0) is 11.3 Å². The Morgan fingerprint density at radius 1 is 1.17 bits per heavy atom. The predicted octanol–water partition coefficient (Wildman–Crippen LogP) is 1.59. The average Bonchev–Trinajstić information content (AvgIpc) is 3.31. The second kappa shape index (κ2) is 7.40. The third kappa shape index (κ3) is 3.58. The number of fused-ring (bicyclic) bond motifs is 1. The standard InChI is InChI=1S/C21H23N7O2/c22-18-17-20(28(12-23-17)11-10-27-9-1-2-16(27)29)26-19(25-18)13-3-5-14(6-4-13)21(30)24-15-7-8-15/h3-6,12,15H,1-2,7-11H2,(H,24,30)(H2,22,25,26). The number of nitrogens with zero attached hydrogens (tertiary/aromatic N) is 5. The monoisotopic (exact) mass is 405 g/mol. The summed E-state index contributed by atoms with van der Waals surface area (Å²) in [6.07, 6.45) is 5.33. The number of likely N-dealkylation sites (tertiary alicyclic amines) is 1. The van der Waals surface area contributed by atoms with Crippen molar-refractivity contribution in [2.75, 3.05) is 18.8 Å². The van der Waals surface area contributed by atoms with Gasteiger partial charge < -0.3 is 20.5 Å². The molecule has 3 heterocycles. The van der Waals surface area contributed by atoms with Gasteiger partial charge in [-0.1, -0.05) is 12.1 Å². The molecule has 2 aromatic heterocycles. The SMILES string of the molecule is Nc1nc(-c2ccc(C(=O)NC3CC3)cc2)nc2c1ncn2CCN1CCCC1=O. The summed E-state index contributed by atoms with van der Waals surface area (Å²) >= 11 is 0. The minimum absolute atomic E-state index is 0.0607. The van der Waals surface area contributed by atoms with Gasteiger partial charge in [0.05, 0.1) is 6.33 Å². The van der Waals surface area contributed by atoms with Gasteiger partial charge in [0.2, 0.25) is 5.91 Å². The van der Waals surface area contributed by atoms with Crippen LogP contribution in [0.5, 0.6) is 0 Å². The topological polar surface area (TPSA) is 119 Å². The zero-order chi connectivity index (χ0) is 20.7. The van der Waals surface area contributed by atoms with E-state index in [1.165, 1.54) is 0 Å². The van der Waals surface area contributed by atoms with E-state index >= 15 is 0 Å². The number of nitrogen functional groups attached to an aromatic ring is 1. The van der Waals surface area contributed by atoms with Crippen molar-refractivity contribution in [3.63, 3.8) is 0 Å². The normalized spacial score (nSPS) is 16.4. The van der Waals surface area contributed by atoms with E-state index in [1.807, 2.05) is 21.6 Å². The Morgan fingerprint density at radius 3 is 2.67 bits per heavy atom. The van der Waals surface area contributed by atoms with E-state index in [0.29, 0.717) is 53.9 Å². The van der Waals surface area contributed by atoms with Gasteiger partial charge in [0, 0.05) is 43.2 Å². The fourth-order valence-corrected chi connectivity index (χ4v) is 3.69. The van der Waals surface area contributed by atoms with Crippen LogP contribution in [-0.4, -0.2) is 55.4 Å². The minimum Gasteiger partial charge on any atom is -0.382 e. The minimum atomic E-state index is -0.0607. The first-order chi connectivity index (χ1) is 14.6. The van der Waals surface area contributed by atoms with E-state index in [2.05, 4.69) is 20.3 Å². The number of nitrogens with one attached hydrogen (secondary N) is 1. The lowest BCUT2D eigenvalue weighted by molar-refractivity contribution is -0.127. The van der Waals surface area contributed by atoms with E-state index in [-0.39, 0.29) is 11.8 Å². The van der Waals surface area contributed by atoms with Gasteiger partial charge in [-0.3, -0.25) is 9.59 Å². The maximum atomic E-state index is 12.2. The van der Waals surface area contributed by atoms with Gasteiger partial charge in [-0.25, -0.2) is 15.0 Å². The van der Waals surface area contributed by atoms with Crippen molar-refractivity contribution < 1.29 is 9.59 Å². The number of hydrogen-bond acceptors (Lipinski definition) is 6. The molecule has 1 saturated carbocycles. The van der Waals surface area contributed by atoms with Crippen molar-refractivity contribution in [3.8, 4) is 11.4 Å². The zero-order valence-electron chi connectivity index (χ0n) is 16.5. The number of aromatic nitrogens is 4. The molecule has 0 bridgehead atoms. The van der Waals surface area contributed by atoms with Crippen LogP contribution in [0.3, 0.4) is 0 Å². The molecule has 30 heavy (non-hydrogen) atoms. The number of amides is 2. The summed E-state index contributed by atoms with van der Waals surface area (Å²) in [6.45, 7) is 2.02. The molecule has 1 aromatic carbocycles. The summed E-state index contributed by atoms with van der Waals surface area (Å²) in [4.78, 5) is 39.3. The van der Waals surface area contributed by atoms with Crippen molar-refractivity contribution >= 4 is 28.8 Å². The molecule has 5 rings (SSSR count). The van der Waals surface area contributed by atoms with Gasteiger partial charge in [-0.2, -0.15) is 0 Å². The summed E-state index contributed by atoms with van der Waals surface area (Å²) in [6, 6.07) is 7.51. The van der Waals surface area contributed by atoms with Crippen molar-refractivity contribution in [1.82, 2.24) is 29.7 Å². The lowest BCUT2D eigenvalue weighted by atomic mass is 10.1. The van der Waals surface area contributed by atoms with E-state index in [4.69, 9.17) is 5.73 Å². The molecule has 0 radical (unpaired) electrons. The Balaban J connectivity index is 1.39. The molecule has 3 N–H and O–H groups in total. The third-order valence-electron chi connectivity index (χ3n) is 5.59. The molecule has 3 aromatic rings. The Hall–Kier alpha value is -3.49. The van der Waals surface area contributed by atoms with Crippen LogP contribution in [0.1, 0.15) is 36.0 Å². The van der Waals surface area contributed by atoms with Crippen molar-refractivity contribution in [1.29, 1.82) is 0 Å². The highest BCUT2D eigenvalue weighted by Crippen LogP contribution is 2.24. The Labute approximate surface area is 173 Å². The fourth-order valence-electron chi connectivity index (χ4n) is 3.69. The van der Waals surface area contributed by atoms with E-state index in [9.17, 15) is 9.59 Å². The Bertz CT molecular complexity index is 1120. The van der Waals surface area contributed by atoms with Gasteiger partial charge in [-0.05, 0) is 31.4 Å². The van der Waals surface area contributed by atoms with Crippen LogP contribution in [0.25, 0.3) is 22.6 Å². The highest BCUT2D eigenvalue weighted by Gasteiger charge is 2.24. The maximum absolute atomic E-state index is 12.2. The molecule has 1 aliphatic carbocycles. The number of imidazole rings is 1. The number of anilines is 1. The number of hydrogen-bond donors (Lipinski definition) is 2. The smallest absolute Gasteiger partial charge is 0.251 e. The maximum Gasteiger partial charge on any atom is 0.251 e.